The Morgan fingerprint density at radius 3 is 2.67 bits per heavy atom. The molecule has 0 spiro atoms. The molecule has 8 heteroatoms. The molecule has 0 aliphatic rings. The molecule has 2 unspecified atom stereocenters. The summed E-state index contributed by atoms with van der Waals surface area (Å²) < 4.78 is 20.8. The summed E-state index contributed by atoms with van der Waals surface area (Å²) in [4.78, 5) is 28.5. The van der Waals surface area contributed by atoms with Crippen molar-refractivity contribution >= 4 is 32.2 Å². The maximum absolute atomic E-state index is 12.7. The first-order valence-corrected chi connectivity index (χ1v) is 9.08. The van der Waals surface area contributed by atoms with Crippen LogP contribution in [0.15, 0.2) is 46.2 Å². The van der Waals surface area contributed by atoms with Crippen LogP contribution in [0.3, 0.4) is 0 Å². The van der Waals surface area contributed by atoms with Crippen molar-refractivity contribution < 1.29 is 14.1 Å². The van der Waals surface area contributed by atoms with E-state index in [1.165, 1.54) is 29.0 Å². The Balaban J connectivity index is 2.34. The SMILES string of the molecule is CC(C(=O)O)c1ccc2nc3ccc(S(C)(=N)=O)cn3c(=O)c2c1. The van der Waals surface area contributed by atoms with Crippen molar-refractivity contribution in [3.05, 3.63) is 52.4 Å². The minimum Gasteiger partial charge on any atom is -0.481 e. The number of nitrogens with one attached hydrogen (secondary N) is 1. The fraction of sp³-hybridized carbons (Fsp3) is 0.188. The fourth-order valence-corrected chi connectivity index (χ4v) is 3.08. The molecule has 0 radical (unpaired) electrons. The normalized spacial score (nSPS) is 15.2. The number of pyridine rings is 1. The van der Waals surface area contributed by atoms with Gasteiger partial charge in [0.25, 0.3) is 5.56 Å². The molecule has 0 aliphatic heterocycles. The van der Waals surface area contributed by atoms with Crippen LogP contribution < -0.4 is 5.56 Å². The molecule has 0 fully saturated rings. The minimum atomic E-state index is -2.96. The minimum absolute atomic E-state index is 0.230. The molecule has 124 valence electrons. The fourth-order valence-electron chi connectivity index (χ4n) is 2.45. The Bertz CT molecular complexity index is 1150. The van der Waals surface area contributed by atoms with Crippen molar-refractivity contribution in [2.75, 3.05) is 6.26 Å². The van der Waals surface area contributed by atoms with Gasteiger partial charge in [-0.3, -0.25) is 14.0 Å². The van der Waals surface area contributed by atoms with Crippen LogP contribution in [0, 0.1) is 4.78 Å². The second kappa shape index (κ2) is 5.41. The number of fused-ring (bicyclic) bond motifs is 2. The van der Waals surface area contributed by atoms with Gasteiger partial charge in [-0.2, -0.15) is 0 Å². The van der Waals surface area contributed by atoms with Crippen molar-refractivity contribution in [3.8, 4) is 0 Å². The molecule has 2 N–H and O–H groups in total. The standard InChI is InChI=1S/C16H15N3O4S/c1-9(16(21)22)10-3-5-13-12(7-10)15(20)19-8-11(24(2,17)23)4-6-14(19)18-13/h3-9,17H,1-2H3,(H,21,22). The summed E-state index contributed by atoms with van der Waals surface area (Å²) in [7, 11) is -2.96. The van der Waals surface area contributed by atoms with Crippen molar-refractivity contribution in [3.63, 3.8) is 0 Å². The highest BCUT2D eigenvalue weighted by molar-refractivity contribution is 7.91. The van der Waals surface area contributed by atoms with Crippen molar-refractivity contribution in [1.82, 2.24) is 9.38 Å². The van der Waals surface area contributed by atoms with E-state index in [2.05, 4.69) is 4.98 Å². The number of carboxylic acid groups (broad SMARTS) is 1. The molecule has 0 saturated heterocycles. The van der Waals surface area contributed by atoms with Gasteiger partial charge in [0.1, 0.15) is 5.65 Å². The van der Waals surface area contributed by atoms with Crippen LogP contribution in [0.5, 0.6) is 0 Å². The summed E-state index contributed by atoms with van der Waals surface area (Å²) in [6, 6.07) is 7.84. The average molecular weight is 345 g/mol. The predicted octanol–water partition coefficient (Wildman–Crippen LogP) is 2.07. The average Bonchev–Trinajstić information content (AvgIpc) is 2.53. The zero-order chi connectivity index (χ0) is 17.6. The molecule has 0 saturated carbocycles. The maximum atomic E-state index is 12.7. The van der Waals surface area contributed by atoms with Crippen LogP contribution in [0.2, 0.25) is 0 Å². The molecular formula is C16H15N3O4S. The van der Waals surface area contributed by atoms with Gasteiger partial charge in [-0.15, -0.1) is 0 Å². The molecule has 7 nitrogen and oxygen atoms in total. The van der Waals surface area contributed by atoms with Gasteiger partial charge in [-0.1, -0.05) is 6.07 Å². The lowest BCUT2D eigenvalue weighted by molar-refractivity contribution is -0.138. The molecule has 0 amide bonds. The molecule has 2 aromatic heterocycles. The number of benzene rings is 1. The van der Waals surface area contributed by atoms with Crippen LogP contribution in [0.4, 0.5) is 0 Å². The van der Waals surface area contributed by atoms with Gasteiger partial charge in [0.2, 0.25) is 0 Å². The van der Waals surface area contributed by atoms with Crippen LogP contribution in [-0.4, -0.2) is 30.9 Å². The van der Waals surface area contributed by atoms with Gasteiger partial charge in [0.05, 0.1) is 31.4 Å². The lowest BCUT2D eigenvalue weighted by atomic mass is 10.00. The number of aromatic nitrogens is 2. The van der Waals surface area contributed by atoms with Crippen LogP contribution in [-0.2, 0) is 14.5 Å². The number of aliphatic carboxylic acids is 1. The highest BCUT2D eigenvalue weighted by atomic mass is 32.2. The number of hydrogen-bond donors (Lipinski definition) is 2. The van der Waals surface area contributed by atoms with Gasteiger partial charge in [-0.25, -0.2) is 14.0 Å². The number of hydrogen-bond acceptors (Lipinski definition) is 5. The summed E-state index contributed by atoms with van der Waals surface area (Å²) in [6.45, 7) is 1.54. The first-order chi connectivity index (χ1) is 11.2. The number of carbonyl (C=O) groups is 1. The molecule has 2 heterocycles. The first kappa shape index (κ1) is 16.1. The highest BCUT2D eigenvalue weighted by Gasteiger charge is 2.16. The van der Waals surface area contributed by atoms with Crippen LogP contribution >= 0.6 is 0 Å². The van der Waals surface area contributed by atoms with E-state index in [-0.39, 0.29) is 15.8 Å². The zero-order valence-corrected chi connectivity index (χ0v) is 13.8. The molecule has 1 aromatic carbocycles. The second-order valence-corrected chi connectivity index (χ2v) is 7.85. The number of carboxylic acids is 1. The summed E-state index contributed by atoms with van der Waals surface area (Å²) in [5.74, 6) is -1.73. The van der Waals surface area contributed by atoms with Crippen molar-refractivity contribution in [2.24, 2.45) is 0 Å². The Morgan fingerprint density at radius 1 is 1.33 bits per heavy atom. The monoisotopic (exact) mass is 345 g/mol. The Kier molecular flexibility index (Phi) is 3.64. The third-order valence-electron chi connectivity index (χ3n) is 3.92. The van der Waals surface area contributed by atoms with Crippen molar-refractivity contribution in [2.45, 2.75) is 17.7 Å². The molecule has 3 rings (SSSR count). The van der Waals surface area contributed by atoms with E-state index < -0.39 is 21.6 Å². The van der Waals surface area contributed by atoms with Crippen LogP contribution in [0.25, 0.3) is 16.6 Å². The maximum Gasteiger partial charge on any atom is 0.310 e. The summed E-state index contributed by atoms with van der Waals surface area (Å²) in [5.41, 5.74) is 0.945. The van der Waals surface area contributed by atoms with Gasteiger partial charge < -0.3 is 5.11 Å². The van der Waals surface area contributed by atoms with Crippen LogP contribution in [0.1, 0.15) is 18.4 Å². The van der Waals surface area contributed by atoms with E-state index in [1.807, 2.05) is 0 Å². The van der Waals surface area contributed by atoms with Gasteiger partial charge in [0.15, 0.2) is 0 Å². The zero-order valence-electron chi connectivity index (χ0n) is 13.0. The van der Waals surface area contributed by atoms with E-state index in [0.717, 1.165) is 0 Å². The largest absolute Gasteiger partial charge is 0.481 e. The topological polar surface area (TPSA) is 113 Å². The van der Waals surface area contributed by atoms with Gasteiger partial charge in [0, 0.05) is 12.5 Å². The molecular weight excluding hydrogens is 330 g/mol. The Labute approximate surface area is 137 Å². The summed E-state index contributed by atoms with van der Waals surface area (Å²) in [5, 5.41) is 9.40. The molecule has 2 atom stereocenters. The first-order valence-electron chi connectivity index (χ1n) is 7.11. The van der Waals surface area contributed by atoms with Crippen molar-refractivity contribution in [1.29, 1.82) is 4.78 Å². The van der Waals surface area contributed by atoms with Gasteiger partial charge >= 0.3 is 5.97 Å². The number of rotatable bonds is 3. The predicted molar refractivity (Wildman–Crippen MR) is 90.1 cm³/mol. The Morgan fingerprint density at radius 2 is 2.04 bits per heavy atom. The lowest BCUT2D eigenvalue weighted by Gasteiger charge is -2.09. The number of nitrogens with zero attached hydrogens (tertiary/aromatic N) is 2. The molecule has 24 heavy (non-hydrogen) atoms. The van der Waals surface area contributed by atoms with E-state index in [0.29, 0.717) is 16.7 Å². The van der Waals surface area contributed by atoms with E-state index in [1.54, 1.807) is 25.1 Å². The third kappa shape index (κ3) is 2.65. The van der Waals surface area contributed by atoms with Gasteiger partial charge in [-0.05, 0) is 36.8 Å². The molecule has 3 aromatic rings. The molecule has 0 bridgehead atoms. The molecule has 0 aliphatic carbocycles. The van der Waals surface area contributed by atoms with E-state index >= 15 is 0 Å². The summed E-state index contributed by atoms with van der Waals surface area (Å²) >= 11 is 0. The smallest absolute Gasteiger partial charge is 0.310 e. The Hall–Kier alpha value is -2.74. The van der Waals surface area contributed by atoms with E-state index in [4.69, 9.17) is 9.89 Å². The lowest BCUT2D eigenvalue weighted by Crippen LogP contribution is -2.17. The highest BCUT2D eigenvalue weighted by Crippen LogP contribution is 2.20. The quantitative estimate of drug-likeness (QED) is 0.706. The second-order valence-electron chi connectivity index (χ2n) is 5.69. The third-order valence-corrected chi connectivity index (χ3v) is 5.07. The van der Waals surface area contributed by atoms with E-state index in [9.17, 15) is 13.8 Å². The summed E-state index contributed by atoms with van der Waals surface area (Å²) in [6.07, 6.45) is 2.63.